The predicted octanol–water partition coefficient (Wildman–Crippen LogP) is 5.12. The molecule has 0 bridgehead atoms. The number of hydrogen-bond acceptors (Lipinski definition) is 3. The molecular weight excluding hydrogens is 264 g/mol. The van der Waals surface area contributed by atoms with Crippen molar-refractivity contribution in [2.45, 2.75) is 90.3 Å². The Bertz CT molecular complexity index is 346. The number of aliphatic hydroxyl groups is 2. The van der Waals surface area contributed by atoms with Gasteiger partial charge in [0.25, 0.3) is 0 Å². The minimum Gasteiger partial charge on any atom is -0.461 e. The van der Waals surface area contributed by atoms with E-state index in [1.807, 2.05) is 0 Å². The van der Waals surface area contributed by atoms with Gasteiger partial charge in [-0.1, -0.05) is 71.1 Å². The monoisotopic (exact) mass is 296 g/mol. The van der Waals surface area contributed by atoms with Crippen LogP contribution in [-0.2, 0) is 6.61 Å². The molecule has 0 aliphatic rings. The first kappa shape index (κ1) is 18.2. The summed E-state index contributed by atoms with van der Waals surface area (Å²) in [6.07, 6.45) is 13.2. The van der Waals surface area contributed by atoms with Crippen LogP contribution in [0.4, 0.5) is 0 Å². The molecule has 0 saturated carbocycles. The van der Waals surface area contributed by atoms with Crippen LogP contribution in [0.5, 0.6) is 0 Å². The van der Waals surface area contributed by atoms with Gasteiger partial charge in [-0.2, -0.15) is 0 Å². The van der Waals surface area contributed by atoms with Crippen molar-refractivity contribution in [1.82, 2.24) is 0 Å². The quantitative estimate of drug-likeness (QED) is 0.497. The molecule has 21 heavy (non-hydrogen) atoms. The van der Waals surface area contributed by atoms with Crippen molar-refractivity contribution >= 4 is 0 Å². The van der Waals surface area contributed by atoms with Gasteiger partial charge in [-0.05, 0) is 18.6 Å². The molecule has 1 aromatic heterocycles. The van der Waals surface area contributed by atoms with Crippen LogP contribution < -0.4 is 0 Å². The van der Waals surface area contributed by atoms with Gasteiger partial charge in [0.05, 0.1) is 0 Å². The predicted molar refractivity (Wildman–Crippen MR) is 86.1 cm³/mol. The van der Waals surface area contributed by atoms with Gasteiger partial charge in [0.15, 0.2) is 0 Å². The highest BCUT2D eigenvalue weighted by molar-refractivity contribution is 5.08. The zero-order valence-electron chi connectivity index (χ0n) is 13.5. The van der Waals surface area contributed by atoms with Crippen LogP contribution in [0.15, 0.2) is 16.5 Å². The van der Waals surface area contributed by atoms with Crippen molar-refractivity contribution in [2.75, 3.05) is 0 Å². The molecule has 3 heteroatoms. The number of unbranched alkanes of at least 4 members (excludes halogenated alkanes) is 9. The topological polar surface area (TPSA) is 53.6 Å². The minimum atomic E-state index is -0.528. The van der Waals surface area contributed by atoms with E-state index >= 15 is 0 Å². The van der Waals surface area contributed by atoms with E-state index in [1.165, 1.54) is 57.8 Å². The lowest BCUT2D eigenvalue weighted by Crippen LogP contribution is -1.95. The standard InChI is InChI=1S/C18H32O3/c1-2-3-4-5-6-7-8-9-10-11-12-17(20)18-14-13-16(15-19)21-18/h13-14,17,19-20H,2-12,15H2,1H3. The lowest BCUT2D eigenvalue weighted by atomic mass is 10.0. The number of aliphatic hydroxyl groups excluding tert-OH is 2. The van der Waals surface area contributed by atoms with E-state index in [1.54, 1.807) is 12.1 Å². The highest BCUT2D eigenvalue weighted by Gasteiger charge is 2.11. The van der Waals surface area contributed by atoms with Crippen LogP contribution >= 0.6 is 0 Å². The van der Waals surface area contributed by atoms with Crippen LogP contribution in [-0.4, -0.2) is 10.2 Å². The van der Waals surface area contributed by atoms with Crippen molar-refractivity contribution < 1.29 is 14.6 Å². The van der Waals surface area contributed by atoms with E-state index in [4.69, 9.17) is 9.52 Å². The highest BCUT2D eigenvalue weighted by atomic mass is 16.4. The van der Waals surface area contributed by atoms with Gasteiger partial charge in [-0.3, -0.25) is 0 Å². The third-order valence-electron chi connectivity index (χ3n) is 4.00. The first-order valence-corrected chi connectivity index (χ1v) is 8.65. The van der Waals surface area contributed by atoms with Gasteiger partial charge >= 0.3 is 0 Å². The zero-order chi connectivity index (χ0) is 15.3. The summed E-state index contributed by atoms with van der Waals surface area (Å²) < 4.78 is 5.34. The molecule has 2 N–H and O–H groups in total. The van der Waals surface area contributed by atoms with E-state index < -0.39 is 6.10 Å². The second kappa shape index (κ2) is 11.8. The summed E-state index contributed by atoms with van der Waals surface area (Å²) in [5.41, 5.74) is 0. The fraction of sp³-hybridized carbons (Fsp3) is 0.778. The van der Waals surface area contributed by atoms with Crippen LogP contribution in [0.2, 0.25) is 0 Å². The van der Waals surface area contributed by atoms with Crippen molar-refractivity contribution in [3.8, 4) is 0 Å². The Balaban J connectivity index is 1.94. The number of hydrogen-bond donors (Lipinski definition) is 2. The van der Waals surface area contributed by atoms with Crippen molar-refractivity contribution in [2.24, 2.45) is 0 Å². The summed E-state index contributed by atoms with van der Waals surface area (Å²) in [4.78, 5) is 0. The Morgan fingerprint density at radius 1 is 0.905 bits per heavy atom. The Kier molecular flexibility index (Phi) is 10.3. The third kappa shape index (κ3) is 8.27. The van der Waals surface area contributed by atoms with Crippen LogP contribution in [0.3, 0.4) is 0 Å². The zero-order valence-corrected chi connectivity index (χ0v) is 13.5. The third-order valence-corrected chi connectivity index (χ3v) is 4.00. The molecule has 0 saturated heterocycles. The molecule has 0 aliphatic heterocycles. The summed E-state index contributed by atoms with van der Waals surface area (Å²) in [6.45, 7) is 2.15. The van der Waals surface area contributed by atoms with Gasteiger partial charge in [-0.25, -0.2) is 0 Å². The smallest absolute Gasteiger partial charge is 0.132 e. The van der Waals surface area contributed by atoms with Gasteiger partial charge < -0.3 is 14.6 Å². The molecule has 1 heterocycles. The van der Waals surface area contributed by atoms with E-state index in [-0.39, 0.29) is 6.61 Å². The van der Waals surface area contributed by atoms with Crippen molar-refractivity contribution in [3.05, 3.63) is 23.7 Å². The molecule has 122 valence electrons. The van der Waals surface area contributed by atoms with E-state index in [0.29, 0.717) is 11.5 Å². The second-order valence-electron chi connectivity index (χ2n) is 5.95. The van der Waals surface area contributed by atoms with Crippen LogP contribution in [0.1, 0.15) is 95.2 Å². The van der Waals surface area contributed by atoms with E-state index in [2.05, 4.69) is 6.92 Å². The molecule has 0 radical (unpaired) electrons. The number of rotatable bonds is 13. The normalized spacial score (nSPS) is 12.7. The largest absolute Gasteiger partial charge is 0.461 e. The summed E-state index contributed by atoms with van der Waals surface area (Å²) in [7, 11) is 0. The van der Waals surface area contributed by atoms with Gasteiger partial charge in [0.1, 0.15) is 24.2 Å². The molecule has 0 fully saturated rings. The van der Waals surface area contributed by atoms with E-state index in [0.717, 1.165) is 12.8 Å². The van der Waals surface area contributed by atoms with Crippen LogP contribution in [0, 0.1) is 0 Å². The Labute approximate surface area is 129 Å². The van der Waals surface area contributed by atoms with Crippen LogP contribution in [0.25, 0.3) is 0 Å². The minimum absolute atomic E-state index is 0.106. The molecule has 3 nitrogen and oxygen atoms in total. The van der Waals surface area contributed by atoms with Gasteiger partial charge in [0, 0.05) is 0 Å². The molecule has 1 unspecified atom stereocenters. The molecule has 0 spiro atoms. The first-order valence-electron chi connectivity index (χ1n) is 8.65. The Hall–Kier alpha value is -0.800. The van der Waals surface area contributed by atoms with Crippen molar-refractivity contribution in [3.63, 3.8) is 0 Å². The molecule has 0 aliphatic carbocycles. The first-order chi connectivity index (χ1) is 10.3. The summed E-state index contributed by atoms with van der Waals surface area (Å²) in [6, 6.07) is 3.48. The van der Waals surface area contributed by atoms with Gasteiger partial charge in [0.2, 0.25) is 0 Å². The molecule has 0 amide bonds. The van der Waals surface area contributed by atoms with Crippen molar-refractivity contribution in [1.29, 1.82) is 0 Å². The lowest BCUT2D eigenvalue weighted by Gasteiger charge is -2.07. The molecule has 1 aromatic rings. The molecule has 1 atom stereocenters. The molecular formula is C18H32O3. The fourth-order valence-corrected chi connectivity index (χ4v) is 2.63. The second-order valence-corrected chi connectivity index (χ2v) is 5.95. The summed E-state index contributed by atoms with van der Waals surface area (Å²) >= 11 is 0. The average Bonchev–Trinajstić information content (AvgIpc) is 2.98. The molecule has 0 aromatic carbocycles. The summed E-state index contributed by atoms with van der Waals surface area (Å²) in [5.74, 6) is 1.10. The lowest BCUT2D eigenvalue weighted by molar-refractivity contribution is 0.130. The highest BCUT2D eigenvalue weighted by Crippen LogP contribution is 2.22. The Morgan fingerprint density at radius 2 is 1.48 bits per heavy atom. The maximum atomic E-state index is 9.98. The maximum absolute atomic E-state index is 9.98. The maximum Gasteiger partial charge on any atom is 0.132 e. The number of furan rings is 1. The van der Waals surface area contributed by atoms with Gasteiger partial charge in [-0.15, -0.1) is 0 Å². The fourth-order valence-electron chi connectivity index (χ4n) is 2.63. The Morgan fingerprint density at radius 3 is 2.00 bits per heavy atom. The average molecular weight is 296 g/mol. The summed E-state index contributed by atoms with van der Waals surface area (Å²) in [5, 5.41) is 18.9. The molecule has 1 rings (SSSR count). The van der Waals surface area contributed by atoms with E-state index in [9.17, 15) is 5.11 Å². The SMILES string of the molecule is CCCCCCCCCCCCC(O)c1ccc(CO)o1.